The van der Waals surface area contributed by atoms with Crippen molar-refractivity contribution in [2.45, 2.75) is 56.8 Å². The fraction of sp³-hybridized carbons (Fsp3) is 1.00. The van der Waals surface area contributed by atoms with Crippen molar-refractivity contribution in [2.75, 3.05) is 20.3 Å². The van der Waals surface area contributed by atoms with Crippen LogP contribution in [0, 0.1) is 11.8 Å². The predicted octanol–water partition coefficient (Wildman–Crippen LogP) is 1.96. The number of ether oxygens (including phenoxy) is 2. The summed E-state index contributed by atoms with van der Waals surface area (Å²) in [6, 6.07) is 0.661. The molecule has 0 aromatic rings. The summed E-state index contributed by atoms with van der Waals surface area (Å²) in [5.41, 5.74) is 0. The van der Waals surface area contributed by atoms with Gasteiger partial charge in [0.1, 0.15) is 0 Å². The number of hydrogen-bond acceptors (Lipinski definition) is 3. The van der Waals surface area contributed by atoms with Gasteiger partial charge in [-0.25, -0.2) is 0 Å². The third-order valence-corrected chi connectivity index (χ3v) is 4.97. The second kappa shape index (κ2) is 5.25. The van der Waals surface area contributed by atoms with E-state index in [0.717, 1.165) is 25.0 Å². The maximum absolute atomic E-state index is 5.99. The van der Waals surface area contributed by atoms with E-state index in [1.165, 1.54) is 38.5 Å². The minimum absolute atomic E-state index is 0.553. The molecule has 3 fully saturated rings. The van der Waals surface area contributed by atoms with Crippen LogP contribution in [0.5, 0.6) is 0 Å². The number of rotatable bonds is 4. The van der Waals surface area contributed by atoms with Crippen LogP contribution >= 0.6 is 0 Å². The number of hydrogen-bond donors (Lipinski definition) is 1. The van der Waals surface area contributed by atoms with Gasteiger partial charge in [0.2, 0.25) is 0 Å². The fourth-order valence-corrected chi connectivity index (χ4v) is 3.95. The summed E-state index contributed by atoms with van der Waals surface area (Å²) in [7, 11) is 2.12. The van der Waals surface area contributed by atoms with Crippen LogP contribution in [-0.4, -0.2) is 38.5 Å². The summed E-state index contributed by atoms with van der Waals surface area (Å²) in [5.74, 6) is 1.63. The van der Waals surface area contributed by atoms with Gasteiger partial charge >= 0.3 is 0 Å². The second-order valence-corrected chi connectivity index (χ2v) is 5.96. The van der Waals surface area contributed by atoms with E-state index in [9.17, 15) is 0 Å². The second-order valence-electron chi connectivity index (χ2n) is 5.96. The Labute approximate surface area is 104 Å². The molecule has 98 valence electrons. The van der Waals surface area contributed by atoms with Gasteiger partial charge in [-0.05, 0) is 51.5 Å². The molecule has 0 amide bonds. The van der Waals surface area contributed by atoms with E-state index in [4.69, 9.17) is 9.47 Å². The Morgan fingerprint density at radius 3 is 2.59 bits per heavy atom. The van der Waals surface area contributed by atoms with Crippen LogP contribution in [0.15, 0.2) is 0 Å². The highest BCUT2D eigenvalue weighted by molar-refractivity contribution is 4.95. The normalized spacial score (nSPS) is 39.7. The molecule has 3 nitrogen and oxygen atoms in total. The monoisotopic (exact) mass is 239 g/mol. The molecular weight excluding hydrogens is 214 g/mol. The molecule has 4 unspecified atom stereocenters. The third kappa shape index (κ3) is 2.51. The third-order valence-electron chi connectivity index (χ3n) is 4.97. The molecule has 0 aliphatic carbocycles. The van der Waals surface area contributed by atoms with Crippen LogP contribution in [0.25, 0.3) is 0 Å². The maximum atomic E-state index is 5.99. The number of fused-ring (bicyclic) bond motifs is 2. The van der Waals surface area contributed by atoms with Gasteiger partial charge in [-0.15, -0.1) is 0 Å². The van der Waals surface area contributed by atoms with Crippen molar-refractivity contribution in [1.82, 2.24) is 5.32 Å². The SMILES string of the molecule is CNC(CC1CCOCC1)C1CC2CCC1O2. The molecule has 0 saturated carbocycles. The Morgan fingerprint density at radius 2 is 2.00 bits per heavy atom. The highest BCUT2D eigenvalue weighted by Gasteiger charge is 2.44. The zero-order valence-corrected chi connectivity index (χ0v) is 10.9. The van der Waals surface area contributed by atoms with Crippen molar-refractivity contribution < 1.29 is 9.47 Å². The minimum Gasteiger partial charge on any atom is -0.381 e. The molecule has 0 aromatic heterocycles. The van der Waals surface area contributed by atoms with Crippen molar-refractivity contribution in [2.24, 2.45) is 11.8 Å². The summed E-state index contributed by atoms with van der Waals surface area (Å²) in [6.45, 7) is 1.93. The Kier molecular flexibility index (Phi) is 3.69. The lowest BCUT2D eigenvalue weighted by Crippen LogP contribution is -2.40. The minimum atomic E-state index is 0.553. The van der Waals surface area contributed by atoms with E-state index >= 15 is 0 Å². The standard InChI is InChI=1S/C14H25NO2/c1-15-13(8-10-4-6-16-7-5-10)12-9-11-2-3-14(12)17-11/h10-15H,2-9H2,1H3. The smallest absolute Gasteiger partial charge is 0.0623 e. The van der Waals surface area contributed by atoms with Crippen molar-refractivity contribution in [1.29, 1.82) is 0 Å². The van der Waals surface area contributed by atoms with Gasteiger partial charge in [0.15, 0.2) is 0 Å². The zero-order valence-electron chi connectivity index (χ0n) is 10.9. The van der Waals surface area contributed by atoms with Gasteiger partial charge < -0.3 is 14.8 Å². The van der Waals surface area contributed by atoms with Gasteiger partial charge in [0.25, 0.3) is 0 Å². The summed E-state index contributed by atoms with van der Waals surface area (Å²) in [6.07, 6.45) is 8.83. The molecule has 3 heterocycles. The molecular formula is C14H25NO2. The summed E-state index contributed by atoms with van der Waals surface area (Å²) in [4.78, 5) is 0. The van der Waals surface area contributed by atoms with Crippen LogP contribution in [-0.2, 0) is 9.47 Å². The molecule has 17 heavy (non-hydrogen) atoms. The van der Waals surface area contributed by atoms with Gasteiger partial charge in [0.05, 0.1) is 12.2 Å². The fourth-order valence-electron chi connectivity index (χ4n) is 3.95. The summed E-state index contributed by atoms with van der Waals surface area (Å²) in [5, 5.41) is 3.56. The first kappa shape index (κ1) is 11.9. The Balaban J connectivity index is 1.55. The zero-order chi connectivity index (χ0) is 11.7. The van der Waals surface area contributed by atoms with Gasteiger partial charge in [-0.3, -0.25) is 0 Å². The highest BCUT2D eigenvalue weighted by atomic mass is 16.5. The molecule has 1 N–H and O–H groups in total. The van der Waals surface area contributed by atoms with E-state index < -0.39 is 0 Å². The first-order valence-electron chi connectivity index (χ1n) is 7.27. The quantitative estimate of drug-likeness (QED) is 0.813. The average Bonchev–Trinajstić information content (AvgIpc) is 2.99. The van der Waals surface area contributed by atoms with E-state index in [2.05, 4.69) is 12.4 Å². The van der Waals surface area contributed by atoms with E-state index in [0.29, 0.717) is 18.2 Å². The van der Waals surface area contributed by atoms with Crippen molar-refractivity contribution in [3.63, 3.8) is 0 Å². The molecule has 3 saturated heterocycles. The largest absolute Gasteiger partial charge is 0.381 e. The first-order chi connectivity index (χ1) is 8.36. The molecule has 0 radical (unpaired) electrons. The topological polar surface area (TPSA) is 30.5 Å². The van der Waals surface area contributed by atoms with Crippen LogP contribution in [0.3, 0.4) is 0 Å². The van der Waals surface area contributed by atoms with Crippen molar-refractivity contribution in [3.8, 4) is 0 Å². The lowest BCUT2D eigenvalue weighted by atomic mass is 9.79. The predicted molar refractivity (Wildman–Crippen MR) is 67.0 cm³/mol. The molecule has 2 bridgehead atoms. The van der Waals surface area contributed by atoms with Crippen LogP contribution in [0.1, 0.15) is 38.5 Å². The molecule has 4 atom stereocenters. The summed E-state index contributed by atoms with van der Waals surface area (Å²) >= 11 is 0. The van der Waals surface area contributed by atoms with Crippen LogP contribution in [0.4, 0.5) is 0 Å². The van der Waals surface area contributed by atoms with Crippen LogP contribution in [0.2, 0.25) is 0 Å². The van der Waals surface area contributed by atoms with E-state index in [1.54, 1.807) is 0 Å². The number of nitrogens with one attached hydrogen (secondary N) is 1. The van der Waals surface area contributed by atoms with Crippen LogP contribution < -0.4 is 5.32 Å². The molecule has 3 aliphatic rings. The van der Waals surface area contributed by atoms with Gasteiger partial charge in [-0.1, -0.05) is 0 Å². The van der Waals surface area contributed by atoms with Gasteiger partial charge in [0, 0.05) is 25.2 Å². The first-order valence-corrected chi connectivity index (χ1v) is 7.27. The highest BCUT2D eigenvalue weighted by Crippen LogP contribution is 2.41. The summed E-state index contributed by atoms with van der Waals surface area (Å²) < 4.78 is 11.4. The van der Waals surface area contributed by atoms with E-state index in [-0.39, 0.29) is 0 Å². The average molecular weight is 239 g/mol. The molecule has 3 rings (SSSR count). The molecule has 3 heteroatoms. The maximum Gasteiger partial charge on any atom is 0.0623 e. The Bertz CT molecular complexity index is 253. The lowest BCUT2D eigenvalue weighted by Gasteiger charge is -2.32. The Hall–Kier alpha value is -0.120. The lowest BCUT2D eigenvalue weighted by molar-refractivity contribution is 0.0522. The molecule has 0 aromatic carbocycles. The van der Waals surface area contributed by atoms with Crippen molar-refractivity contribution in [3.05, 3.63) is 0 Å². The van der Waals surface area contributed by atoms with Gasteiger partial charge in [-0.2, -0.15) is 0 Å². The molecule has 0 spiro atoms. The molecule has 3 aliphatic heterocycles. The van der Waals surface area contributed by atoms with Crippen molar-refractivity contribution >= 4 is 0 Å². The van der Waals surface area contributed by atoms with E-state index in [1.807, 2.05) is 0 Å². The Morgan fingerprint density at radius 1 is 1.18 bits per heavy atom.